The van der Waals surface area contributed by atoms with Gasteiger partial charge in [0.2, 0.25) is 0 Å². The molecule has 20 heavy (non-hydrogen) atoms. The first-order valence-corrected chi connectivity index (χ1v) is 8.56. The summed E-state index contributed by atoms with van der Waals surface area (Å²) < 4.78 is 5.65. The van der Waals surface area contributed by atoms with Gasteiger partial charge in [0.15, 0.2) is 0 Å². The maximum Gasteiger partial charge on any atom is 0.0623 e. The number of ether oxygens (including phenoxy) is 1. The third-order valence-corrected chi connectivity index (χ3v) is 5.54. The van der Waals surface area contributed by atoms with Crippen LogP contribution in [-0.2, 0) is 4.74 Å². The van der Waals surface area contributed by atoms with Crippen LogP contribution in [-0.4, -0.2) is 63.4 Å². The highest BCUT2D eigenvalue weighted by Crippen LogP contribution is 2.30. The molecule has 0 aromatic heterocycles. The Kier molecular flexibility index (Phi) is 5.32. The third kappa shape index (κ3) is 3.73. The minimum Gasteiger partial charge on any atom is -0.379 e. The van der Waals surface area contributed by atoms with Crippen LogP contribution in [0.1, 0.15) is 32.1 Å². The molecule has 3 aliphatic rings. The lowest BCUT2D eigenvalue weighted by Crippen LogP contribution is -2.51. The molecule has 1 saturated carbocycles. The van der Waals surface area contributed by atoms with Crippen molar-refractivity contribution in [2.45, 2.75) is 44.2 Å². The Morgan fingerprint density at radius 1 is 1.20 bits per heavy atom. The van der Waals surface area contributed by atoms with E-state index in [1.807, 2.05) is 0 Å². The summed E-state index contributed by atoms with van der Waals surface area (Å²) >= 11 is 0. The summed E-state index contributed by atoms with van der Waals surface area (Å²) in [6.07, 6.45) is 6.84. The molecule has 4 heteroatoms. The van der Waals surface area contributed by atoms with Gasteiger partial charge in [-0.2, -0.15) is 0 Å². The zero-order valence-electron chi connectivity index (χ0n) is 12.9. The highest BCUT2D eigenvalue weighted by molar-refractivity contribution is 4.92. The van der Waals surface area contributed by atoms with Gasteiger partial charge in [0.1, 0.15) is 0 Å². The first kappa shape index (κ1) is 14.8. The molecule has 3 unspecified atom stereocenters. The zero-order valence-corrected chi connectivity index (χ0v) is 12.9. The second-order valence-electron chi connectivity index (χ2n) is 6.99. The van der Waals surface area contributed by atoms with Crippen molar-refractivity contribution in [2.75, 3.05) is 46.4 Å². The fourth-order valence-corrected chi connectivity index (χ4v) is 4.17. The van der Waals surface area contributed by atoms with Gasteiger partial charge in [-0.1, -0.05) is 6.42 Å². The second kappa shape index (κ2) is 7.21. The van der Waals surface area contributed by atoms with E-state index in [1.165, 1.54) is 51.7 Å². The van der Waals surface area contributed by atoms with Crippen LogP contribution in [0.5, 0.6) is 0 Å². The summed E-state index contributed by atoms with van der Waals surface area (Å²) in [7, 11) is 2.24. The average Bonchev–Trinajstić information content (AvgIpc) is 2.96. The van der Waals surface area contributed by atoms with Crippen LogP contribution >= 0.6 is 0 Å². The maximum atomic E-state index is 5.65. The number of rotatable bonds is 4. The van der Waals surface area contributed by atoms with Gasteiger partial charge in [-0.3, -0.25) is 0 Å². The second-order valence-corrected chi connectivity index (χ2v) is 6.99. The summed E-state index contributed by atoms with van der Waals surface area (Å²) in [5.41, 5.74) is 0. The SMILES string of the molecule is CN1CCC(CNC2CCCC2C2COCCN2)CC1. The molecule has 4 nitrogen and oxygen atoms in total. The van der Waals surface area contributed by atoms with Crippen molar-refractivity contribution in [3.8, 4) is 0 Å². The van der Waals surface area contributed by atoms with E-state index in [4.69, 9.17) is 4.74 Å². The monoisotopic (exact) mass is 281 g/mol. The van der Waals surface area contributed by atoms with Crippen LogP contribution in [0.3, 0.4) is 0 Å². The molecule has 1 aliphatic carbocycles. The third-order valence-electron chi connectivity index (χ3n) is 5.54. The number of nitrogens with zero attached hydrogens (tertiary/aromatic N) is 1. The van der Waals surface area contributed by atoms with Gasteiger partial charge in [0, 0.05) is 18.6 Å². The van der Waals surface area contributed by atoms with E-state index in [0.29, 0.717) is 12.1 Å². The summed E-state index contributed by atoms with van der Waals surface area (Å²) in [5.74, 6) is 1.67. The number of nitrogens with one attached hydrogen (secondary N) is 2. The molecule has 2 heterocycles. The van der Waals surface area contributed by atoms with Gasteiger partial charge in [-0.25, -0.2) is 0 Å². The van der Waals surface area contributed by atoms with Gasteiger partial charge in [0.25, 0.3) is 0 Å². The number of hydrogen-bond acceptors (Lipinski definition) is 4. The van der Waals surface area contributed by atoms with Crippen molar-refractivity contribution in [3.05, 3.63) is 0 Å². The minimum atomic E-state index is 0.584. The molecule has 0 bridgehead atoms. The molecule has 0 aromatic carbocycles. The van der Waals surface area contributed by atoms with Crippen molar-refractivity contribution in [2.24, 2.45) is 11.8 Å². The van der Waals surface area contributed by atoms with Crippen molar-refractivity contribution in [3.63, 3.8) is 0 Å². The van der Waals surface area contributed by atoms with Crippen LogP contribution in [0, 0.1) is 11.8 Å². The largest absolute Gasteiger partial charge is 0.379 e. The molecular weight excluding hydrogens is 250 g/mol. The van der Waals surface area contributed by atoms with Gasteiger partial charge in [-0.05, 0) is 64.2 Å². The van der Waals surface area contributed by atoms with E-state index in [1.54, 1.807) is 0 Å². The zero-order chi connectivity index (χ0) is 13.8. The van der Waals surface area contributed by atoms with Crippen molar-refractivity contribution in [1.29, 1.82) is 0 Å². The van der Waals surface area contributed by atoms with E-state index >= 15 is 0 Å². The van der Waals surface area contributed by atoms with Crippen LogP contribution in [0.15, 0.2) is 0 Å². The number of piperidine rings is 1. The smallest absolute Gasteiger partial charge is 0.0623 e. The van der Waals surface area contributed by atoms with E-state index in [0.717, 1.165) is 31.6 Å². The van der Waals surface area contributed by atoms with E-state index in [2.05, 4.69) is 22.6 Å². The van der Waals surface area contributed by atoms with Crippen molar-refractivity contribution in [1.82, 2.24) is 15.5 Å². The van der Waals surface area contributed by atoms with E-state index in [9.17, 15) is 0 Å². The molecule has 2 saturated heterocycles. The Morgan fingerprint density at radius 2 is 2.05 bits per heavy atom. The van der Waals surface area contributed by atoms with Gasteiger partial charge < -0.3 is 20.3 Å². The Labute approximate surface area is 123 Å². The van der Waals surface area contributed by atoms with Gasteiger partial charge >= 0.3 is 0 Å². The summed E-state index contributed by atoms with van der Waals surface area (Å²) in [5, 5.41) is 7.56. The fraction of sp³-hybridized carbons (Fsp3) is 1.00. The van der Waals surface area contributed by atoms with Crippen LogP contribution in [0.2, 0.25) is 0 Å². The Hall–Kier alpha value is -0.160. The Bertz CT molecular complexity index is 285. The molecule has 116 valence electrons. The number of hydrogen-bond donors (Lipinski definition) is 2. The first-order chi connectivity index (χ1) is 9.83. The molecule has 0 amide bonds. The molecule has 0 radical (unpaired) electrons. The topological polar surface area (TPSA) is 36.5 Å². The molecule has 2 N–H and O–H groups in total. The fourth-order valence-electron chi connectivity index (χ4n) is 4.17. The van der Waals surface area contributed by atoms with E-state index < -0.39 is 0 Å². The van der Waals surface area contributed by atoms with Crippen LogP contribution < -0.4 is 10.6 Å². The summed E-state index contributed by atoms with van der Waals surface area (Å²) in [6, 6.07) is 1.30. The van der Waals surface area contributed by atoms with E-state index in [-0.39, 0.29) is 0 Å². The lowest BCUT2D eigenvalue weighted by Gasteiger charge is -2.34. The standard InChI is InChI=1S/C16H31N3O/c1-19-8-5-13(6-9-19)11-18-15-4-2-3-14(15)16-12-20-10-7-17-16/h13-18H,2-12H2,1H3. The average molecular weight is 281 g/mol. The predicted molar refractivity (Wildman–Crippen MR) is 82.0 cm³/mol. The molecule has 3 atom stereocenters. The predicted octanol–water partition coefficient (Wildman–Crippen LogP) is 1.07. The highest BCUT2D eigenvalue weighted by atomic mass is 16.5. The number of morpholine rings is 1. The maximum absolute atomic E-state index is 5.65. The quantitative estimate of drug-likeness (QED) is 0.808. The van der Waals surface area contributed by atoms with Crippen molar-refractivity contribution < 1.29 is 4.74 Å². The normalized spacial score (nSPS) is 37.4. The summed E-state index contributed by atoms with van der Waals surface area (Å²) in [4.78, 5) is 2.46. The first-order valence-electron chi connectivity index (χ1n) is 8.56. The Balaban J connectivity index is 1.44. The molecule has 3 fully saturated rings. The minimum absolute atomic E-state index is 0.584. The molecule has 0 spiro atoms. The molecule has 2 aliphatic heterocycles. The van der Waals surface area contributed by atoms with Gasteiger partial charge in [0.05, 0.1) is 13.2 Å². The highest BCUT2D eigenvalue weighted by Gasteiger charge is 2.34. The molecule has 0 aromatic rings. The van der Waals surface area contributed by atoms with Crippen molar-refractivity contribution >= 4 is 0 Å². The van der Waals surface area contributed by atoms with Gasteiger partial charge in [-0.15, -0.1) is 0 Å². The lowest BCUT2D eigenvalue weighted by atomic mass is 9.92. The van der Waals surface area contributed by atoms with Crippen LogP contribution in [0.25, 0.3) is 0 Å². The molecule has 3 rings (SSSR count). The number of likely N-dealkylation sites (tertiary alicyclic amines) is 1. The van der Waals surface area contributed by atoms with Crippen LogP contribution in [0.4, 0.5) is 0 Å². The molecular formula is C16H31N3O. The summed E-state index contributed by atoms with van der Waals surface area (Å²) in [6.45, 7) is 6.61. The lowest BCUT2D eigenvalue weighted by molar-refractivity contribution is 0.0520. The Morgan fingerprint density at radius 3 is 2.80 bits per heavy atom.